The van der Waals surface area contributed by atoms with E-state index in [0.717, 1.165) is 25.8 Å². The molecule has 19 heavy (non-hydrogen) atoms. The predicted molar refractivity (Wildman–Crippen MR) is 84.9 cm³/mol. The Bertz CT molecular complexity index is 331. The Hall–Kier alpha value is -0.450. The molecule has 1 N–H and O–H groups in total. The molecule has 0 aromatic carbocycles. The molecule has 0 spiro atoms. The van der Waals surface area contributed by atoms with Crippen LogP contribution in [0.2, 0.25) is 0 Å². The third-order valence-electron chi connectivity index (χ3n) is 4.27. The zero-order chi connectivity index (χ0) is 14.3. The molecule has 0 saturated carbocycles. The first kappa shape index (κ1) is 16.6. The molecule has 0 radical (unpaired) electrons. The second-order valence-electron chi connectivity index (χ2n) is 5.34. The summed E-state index contributed by atoms with van der Waals surface area (Å²) in [4.78, 5) is 6.86. The lowest BCUT2D eigenvalue weighted by Gasteiger charge is -2.45. The van der Waals surface area contributed by atoms with Crippen molar-refractivity contribution in [3.63, 3.8) is 0 Å². The Kier molecular flexibility index (Phi) is 6.97. The fourth-order valence-corrected chi connectivity index (χ4v) is 3.65. The first-order valence-electron chi connectivity index (χ1n) is 7.39. The van der Waals surface area contributed by atoms with Gasteiger partial charge in [-0.05, 0) is 39.9 Å². The van der Waals surface area contributed by atoms with Crippen LogP contribution in [0.25, 0.3) is 0 Å². The van der Waals surface area contributed by atoms with Gasteiger partial charge in [0.05, 0.1) is 5.01 Å². The monoisotopic (exact) mass is 283 g/mol. The summed E-state index contributed by atoms with van der Waals surface area (Å²) in [7, 11) is 4.41. The fraction of sp³-hybridized carbons (Fsp3) is 0.800. The van der Waals surface area contributed by atoms with E-state index in [9.17, 15) is 0 Å². The highest BCUT2D eigenvalue weighted by Gasteiger charge is 2.37. The lowest BCUT2D eigenvalue weighted by Crippen LogP contribution is -2.59. The Balaban J connectivity index is 2.91. The van der Waals surface area contributed by atoms with E-state index in [1.807, 2.05) is 6.20 Å². The summed E-state index contributed by atoms with van der Waals surface area (Å²) in [6.45, 7) is 7.90. The fourth-order valence-electron chi connectivity index (χ4n) is 2.99. The van der Waals surface area contributed by atoms with E-state index < -0.39 is 0 Å². The van der Waals surface area contributed by atoms with Crippen molar-refractivity contribution in [3.05, 3.63) is 16.6 Å². The average Bonchev–Trinajstić information content (AvgIpc) is 2.90. The molecular weight excluding hydrogens is 254 g/mol. The summed E-state index contributed by atoms with van der Waals surface area (Å²) in [5, 5.41) is 7.07. The normalized spacial score (nSPS) is 14.0. The van der Waals surface area contributed by atoms with Crippen LogP contribution in [0.4, 0.5) is 0 Å². The molecule has 1 aromatic rings. The van der Waals surface area contributed by atoms with Gasteiger partial charge in [-0.3, -0.25) is 0 Å². The van der Waals surface area contributed by atoms with Crippen molar-refractivity contribution in [1.82, 2.24) is 15.2 Å². The van der Waals surface area contributed by atoms with Crippen molar-refractivity contribution in [1.29, 1.82) is 0 Å². The molecule has 0 fully saturated rings. The van der Waals surface area contributed by atoms with Gasteiger partial charge in [-0.25, -0.2) is 4.98 Å². The predicted octanol–water partition coefficient (Wildman–Crippen LogP) is 3.17. The molecule has 0 bridgehead atoms. The van der Waals surface area contributed by atoms with Crippen molar-refractivity contribution in [2.24, 2.45) is 0 Å². The van der Waals surface area contributed by atoms with Gasteiger partial charge in [0.1, 0.15) is 0 Å². The molecule has 1 unspecified atom stereocenters. The van der Waals surface area contributed by atoms with Crippen LogP contribution < -0.4 is 5.32 Å². The number of thiazole rings is 1. The van der Waals surface area contributed by atoms with E-state index >= 15 is 0 Å². The topological polar surface area (TPSA) is 28.2 Å². The van der Waals surface area contributed by atoms with Crippen LogP contribution in [0.1, 0.15) is 45.0 Å². The standard InChI is InChI=1S/C15H29N3S/c1-6-9-16-13(12-14-17-10-11-19-14)15(7-2,8-3)18(4)5/h10-11,13,16H,6-9,12H2,1-5H3. The Morgan fingerprint density at radius 3 is 2.42 bits per heavy atom. The maximum atomic E-state index is 4.47. The molecule has 1 rings (SSSR count). The minimum atomic E-state index is 0.209. The molecule has 0 aliphatic carbocycles. The average molecular weight is 283 g/mol. The summed E-state index contributed by atoms with van der Waals surface area (Å²) in [6, 6.07) is 0.462. The van der Waals surface area contributed by atoms with Gasteiger partial charge in [-0.2, -0.15) is 0 Å². The van der Waals surface area contributed by atoms with Crippen LogP contribution in [0.3, 0.4) is 0 Å². The first-order chi connectivity index (χ1) is 9.10. The van der Waals surface area contributed by atoms with Crippen molar-refractivity contribution in [3.8, 4) is 0 Å². The molecular formula is C15H29N3S. The first-order valence-corrected chi connectivity index (χ1v) is 8.27. The lowest BCUT2D eigenvalue weighted by atomic mass is 9.81. The summed E-state index contributed by atoms with van der Waals surface area (Å²) >= 11 is 1.76. The third kappa shape index (κ3) is 4.01. The van der Waals surface area contributed by atoms with E-state index in [-0.39, 0.29) is 5.54 Å². The summed E-state index contributed by atoms with van der Waals surface area (Å²) < 4.78 is 0. The molecule has 1 heterocycles. The van der Waals surface area contributed by atoms with E-state index in [4.69, 9.17) is 0 Å². The molecule has 0 saturated heterocycles. The number of rotatable bonds is 9. The van der Waals surface area contributed by atoms with Gasteiger partial charge >= 0.3 is 0 Å². The maximum absolute atomic E-state index is 4.47. The van der Waals surface area contributed by atoms with Gasteiger partial charge in [0, 0.05) is 29.6 Å². The largest absolute Gasteiger partial charge is 0.312 e. The number of likely N-dealkylation sites (N-methyl/N-ethyl adjacent to an activating group) is 1. The van der Waals surface area contributed by atoms with E-state index in [2.05, 4.69) is 55.4 Å². The van der Waals surface area contributed by atoms with Crippen LogP contribution in [0.5, 0.6) is 0 Å². The van der Waals surface area contributed by atoms with Gasteiger partial charge in [0.25, 0.3) is 0 Å². The summed E-state index contributed by atoms with van der Waals surface area (Å²) in [6.07, 6.45) is 6.42. The molecule has 0 amide bonds. The van der Waals surface area contributed by atoms with Crippen molar-refractivity contribution in [2.75, 3.05) is 20.6 Å². The molecule has 1 atom stereocenters. The quantitative estimate of drug-likeness (QED) is 0.754. The molecule has 0 aliphatic heterocycles. The molecule has 4 heteroatoms. The van der Waals surface area contributed by atoms with Crippen LogP contribution in [-0.4, -0.2) is 42.1 Å². The number of hydrogen-bond donors (Lipinski definition) is 1. The van der Waals surface area contributed by atoms with Crippen molar-refractivity contribution in [2.45, 2.75) is 58.0 Å². The highest BCUT2D eigenvalue weighted by Crippen LogP contribution is 2.28. The second-order valence-corrected chi connectivity index (χ2v) is 6.32. The zero-order valence-electron chi connectivity index (χ0n) is 13.1. The van der Waals surface area contributed by atoms with Crippen LogP contribution >= 0.6 is 11.3 Å². The minimum absolute atomic E-state index is 0.209. The van der Waals surface area contributed by atoms with Crippen LogP contribution in [0, 0.1) is 0 Å². The Morgan fingerprint density at radius 2 is 2.00 bits per heavy atom. The molecule has 110 valence electrons. The highest BCUT2D eigenvalue weighted by atomic mass is 32.1. The van der Waals surface area contributed by atoms with E-state index in [1.54, 1.807) is 11.3 Å². The molecule has 3 nitrogen and oxygen atoms in total. The van der Waals surface area contributed by atoms with Gasteiger partial charge in [0.2, 0.25) is 0 Å². The summed E-state index contributed by atoms with van der Waals surface area (Å²) in [5.74, 6) is 0. The van der Waals surface area contributed by atoms with E-state index in [0.29, 0.717) is 6.04 Å². The van der Waals surface area contributed by atoms with Crippen molar-refractivity contribution >= 4 is 11.3 Å². The van der Waals surface area contributed by atoms with Gasteiger partial charge in [0.15, 0.2) is 0 Å². The minimum Gasteiger partial charge on any atom is -0.312 e. The van der Waals surface area contributed by atoms with Crippen molar-refractivity contribution < 1.29 is 0 Å². The molecule has 1 aromatic heterocycles. The Morgan fingerprint density at radius 1 is 1.32 bits per heavy atom. The summed E-state index contributed by atoms with van der Waals surface area (Å²) in [5.41, 5.74) is 0.209. The third-order valence-corrected chi connectivity index (χ3v) is 5.07. The SMILES string of the molecule is CCCNC(Cc1nccs1)C(CC)(CC)N(C)C. The van der Waals surface area contributed by atoms with Crippen LogP contribution in [0.15, 0.2) is 11.6 Å². The smallest absolute Gasteiger partial charge is 0.0941 e. The maximum Gasteiger partial charge on any atom is 0.0941 e. The highest BCUT2D eigenvalue weighted by molar-refractivity contribution is 7.09. The van der Waals surface area contributed by atoms with Crippen LogP contribution in [-0.2, 0) is 6.42 Å². The number of aromatic nitrogens is 1. The second kappa shape index (κ2) is 7.98. The van der Waals surface area contributed by atoms with Gasteiger partial charge in [-0.15, -0.1) is 11.3 Å². The van der Waals surface area contributed by atoms with Gasteiger partial charge in [-0.1, -0.05) is 20.8 Å². The zero-order valence-corrected chi connectivity index (χ0v) is 13.9. The molecule has 0 aliphatic rings. The lowest BCUT2D eigenvalue weighted by molar-refractivity contribution is 0.0881. The Labute approximate surface area is 122 Å². The number of hydrogen-bond acceptors (Lipinski definition) is 4. The van der Waals surface area contributed by atoms with Gasteiger partial charge < -0.3 is 10.2 Å². The van der Waals surface area contributed by atoms with E-state index in [1.165, 1.54) is 11.4 Å². The number of nitrogens with zero attached hydrogens (tertiary/aromatic N) is 2. The number of nitrogens with one attached hydrogen (secondary N) is 1.